The van der Waals surface area contributed by atoms with Crippen LogP contribution in [0.25, 0.3) is 0 Å². The van der Waals surface area contributed by atoms with Crippen LogP contribution in [0.3, 0.4) is 0 Å². The molecule has 0 atom stereocenters. The molecule has 0 saturated carbocycles. The van der Waals surface area contributed by atoms with Crippen molar-refractivity contribution in [2.75, 3.05) is 0 Å². The molecule has 0 unspecified atom stereocenters. The van der Waals surface area contributed by atoms with E-state index in [1.807, 2.05) is 0 Å². The number of nitrogens with one attached hydrogen (secondary N) is 1. The van der Waals surface area contributed by atoms with Crippen molar-refractivity contribution < 1.29 is 18.7 Å². The molecule has 0 heterocycles. The van der Waals surface area contributed by atoms with Gasteiger partial charge in [-0.05, 0) is 23.3 Å². The van der Waals surface area contributed by atoms with Crippen molar-refractivity contribution in [1.82, 2.24) is 5.32 Å². The minimum atomic E-state index is -0.927. The highest BCUT2D eigenvalue weighted by atomic mass is 79.9. The monoisotopic (exact) mass is 355 g/mol. The Bertz CT molecular complexity index is 653. The number of hydrogen-bond acceptors (Lipinski definition) is 2. The predicted octanol–water partition coefficient (Wildman–Crippen LogP) is 3.15. The number of hydrogen-bond donors (Lipinski definition) is 2. The molecule has 6 heteroatoms. The fraction of sp³-hybridized carbons (Fsp3) is 0.133. The van der Waals surface area contributed by atoms with Gasteiger partial charge in [-0.1, -0.05) is 40.2 Å². The van der Waals surface area contributed by atoms with E-state index in [1.165, 1.54) is 0 Å². The average Bonchev–Trinajstić information content (AvgIpc) is 2.44. The molecule has 0 aliphatic rings. The maximum absolute atomic E-state index is 13.6. The molecule has 0 aliphatic carbocycles. The van der Waals surface area contributed by atoms with Crippen molar-refractivity contribution in [1.29, 1.82) is 0 Å². The van der Waals surface area contributed by atoms with Crippen LogP contribution < -0.4 is 5.32 Å². The summed E-state index contributed by atoms with van der Waals surface area (Å²) in [5.41, 5.74) is 0.812. The first-order chi connectivity index (χ1) is 10.0. The van der Waals surface area contributed by atoms with Gasteiger partial charge < -0.3 is 10.4 Å². The molecule has 2 aromatic rings. The Morgan fingerprint density at radius 3 is 2.38 bits per heavy atom. The second-order valence-electron chi connectivity index (χ2n) is 4.41. The summed E-state index contributed by atoms with van der Waals surface area (Å²) in [5.74, 6) is -2.68. The van der Waals surface area contributed by atoms with Crippen molar-refractivity contribution >= 4 is 21.8 Å². The van der Waals surface area contributed by atoms with Crippen LogP contribution in [0.2, 0.25) is 0 Å². The number of rotatable bonds is 4. The van der Waals surface area contributed by atoms with Crippen molar-refractivity contribution in [3.05, 3.63) is 69.2 Å². The lowest BCUT2D eigenvalue weighted by Crippen LogP contribution is -2.25. The van der Waals surface area contributed by atoms with Crippen molar-refractivity contribution in [2.45, 2.75) is 13.2 Å². The minimum absolute atomic E-state index is 0.113. The zero-order chi connectivity index (χ0) is 15.4. The van der Waals surface area contributed by atoms with Gasteiger partial charge in [-0.2, -0.15) is 0 Å². The summed E-state index contributed by atoms with van der Waals surface area (Å²) < 4.78 is 27.5. The van der Waals surface area contributed by atoms with E-state index in [-0.39, 0.29) is 17.6 Å². The van der Waals surface area contributed by atoms with Gasteiger partial charge in [-0.25, -0.2) is 8.78 Å². The zero-order valence-corrected chi connectivity index (χ0v) is 12.5. The normalized spacial score (nSPS) is 10.5. The summed E-state index contributed by atoms with van der Waals surface area (Å²) in [6.45, 7) is -0.000623. The number of aliphatic hydroxyl groups is 1. The first kappa shape index (κ1) is 15.6. The number of halogens is 3. The van der Waals surface area contributed by atoms with E-state index in [4.69, 9.17) is 5.11 Å². The molecular formula is C15H12BrF2NO2. The van der Waals surface area contributed by atoms with Gasteiger partial charge in [0.1, 0.15) is 17.2 Å². The SMILES string of the molecule is O=C(NCc1cccc(CO)c1)c1c(F)cc(Br)cc1F. The summed E-state index contributed by atoms with van der Waals surface area (Å²) in [5, 5.41) is 11.5. The highest BCUT2D eigenvalue weighted by molar-refractivity contribution is 9.10. The smallest absolute Gasteiger partial charge is 0.257 e. The maximum Gasteiger partial charge on any atom is 0.257 e. The van der Waals surface area contributed by atoms with Gasteiger partial charge in [0.2, 0.25) is 0 Å². The third-order valence-corrected chi connectivity index (χ3v) is 3.32. The summed E-state index contributed by atoms with van der Waals surface area (Å²) in [6.07, 6.45) is 0. The number of carbonyl (C=O) groups is 1. The molecule has 1 amide bonds. The topological polar surface area (TPSA) is 49.3 Å². The van der Waals surface area contributed by atoms with E-state index in [2.05, 4.69) is 21.2 Å². The van der Waals surface area contributed by atoms with Gasteiger partial charge >= 0.3 is 0 Å². The van der Waals surface area contributed by atoms with Gasteiger partial charge in [0, 0.05) is 11.0 Å². The summed E-state index contributed by atoms with van der Waals surface area (Å²) in [7, 11) is 0. The summed E-state index contributed by atoms with van der Waals surface area (Å²) in [6, 6.07) is 8.98. The van der Waals surface area contributed by atoms with Crippen LogP contribution in [0, 0.1) is 11.6 Å². The Labute approximate surface area is 128 Å². The number of carbonyl (C=O) groups excluding carboxylic acids is 1. The van der Waals surface area contributed by atoms with Gasteiger partial charge in [0.15, 0.2) is 0 Å². The molecule has 0 radical (unpaired) electrons. The van der Waals surface area contributed by atoms with Crippen LogP contribution in [-0.2, 0) is 13.2 Å². The number of amides is 1. The molecule has 2 aromatic carbocycles. The molecule has 21 heavy (non-hydrogen) atoms. The molecule has 2 rings (SSSR count). The lowest BCUT2D eigenvalue weighted by molar-refractivity contribution is 0.0942. The van der Waals surface area contributed by atoms with Gasteiger partial charge in [-0.15, -0.1) is 0 Å². The summed E-state index contributed by atoms with van der Waals surface area (Å²) >= 11 is 2.95. The van der Waals surface area contributed by atoms with Crippen LogP contribution >= 0.6 is 15.9 Å². The predicted molar refractivity (Wildman–Crippen MR) is 77.6 cm³/mol. The lowest BCUT2D eigenvalue weighted by atomic mass is 10.1. The van der Waals surface area contributed by atoms with Crippen LogP contribution in [-0.4, -0.2) is 11.0 Å². The standard InChI is InChI=1S/C15H12BrF2NO2/c16-11-5-12(17)14(13(18)6-11)15(21)19-7-9-2-1-3-10(4-9)8-20/h1-6,20H,7-8H2,(H,19,21). The molecule has 0 aromatic heterocycles. The van der Waals surface area contributed by atoms with Crippen LogP contribution in [0.15, 0.2) is 40.9 Å². The van der Waals surface area contributed by atoms with E-state index in [1.54, 1.807) is 24.3 Å². The Morgan fingerprint density at radius 2 is 1.76 bits per heavy atom. The quantitative estimate of drug-likeness (QED) is 0.884. The third-order valence-electron chi connectivity index (χ3n) is 2.86. The van der Waals surface area contributed by atoms with Gasteiger partial charge in [-0.3, -0.25) is 4.79 Å². The molecular weight excluding hydrogens is 344 g/mol. The van der Waals surface area contributed by atoms with Crippen molar-refractivity contribution in [2.24, 2.45) is 0 Å². The van der Waals surface area contributed by atoms with E-state index in [9.17, 15) is 13.6 Å². The second kappa shape index (κ2) is 6.78. The molecule has 0 aliphatic heterocycles. The third kappa shape index (κ3) is 3.86. The highest BCUT2D eigenvalue weighted by Crippen LogP contribution is 2.19. The average molecular weight is 356 g/mol. The van der Waals surface area contributed by atoms with Gasteiger partial charge in [0.25, 0.3) is 5.91 Å². The van der Waals surface area contributed by atoms with Crippen molar-refractivity contribution in [3.8, 4) is 0 Å². The Hall–Kier alpha value is -1.79. The van der Waals surface area contributed by atoms with Crippen LogP contribution in [0.5, 0.6) is 0 Å². The van der Waals surface area contributed by atoms with E-state index in [0.29, 0.717) is 5.56 Å². The summed E-state index contributed by atoms with van der Waals surface area (Å²) in [4.78, 5) is 11.9. The first-order valence-electron chi connectivity index (χ1n) is 6.12. The molecule has 0 saturated heterocycles. The molecule has 0 fully saturated rings. The van der Waals surface area contributed by atoms with E-state index < -0.39 is 23.1 Å². The van der Waals surface area contributed by atoms with E-state index >= 15 is 0 Å². The Morgan fingerprint density at radius 1 is 1.14 bits per heavy atom. The Balaban J connectivity index is 2.12. The second-order valence-corrected chi connectivity index (χ2v) is 5.32. The van der Waals surface area contributed by atoms with Crippen LogP contribution in [0.1, 0.15) is 21.5 Å². The minimum Gasteiger partial charge on any atom is -0.392 e. The molecule has 2 N–H and O–H groups in total. The number of aliphatic hydroxyl groups excluding tert-OH is 1. The fourth-order valence-electron chi connectivity index (χ4n) is 1.87. The maximum atomic E-state index is 13.6. The highest BCUT2D eigenvalue weighted by Gasteiger charge is 2.18. The molecule has 0 spiro atoms. The largest absolute Gasteiger partial charge is 0.392 e. The van der Waals surface area contributed by atoms with Gasteiger partial charge in [0.05, 0.1) is 6.61 Å². The van der Waals surface area contributed by atoms with Crippen LogP contribution in [0.4, 0.5) is 8.78 Å². The molecule has 110 valence electrons. The number of benzene rings is 2. The molecule has 3 nitrogen and oxygen atoms in total. The first-order valence-corrected chi connectivity index (χ1v) is 6.92. The zero-order valence-electron chi connectivity index (χ0n) is 10.9. The lowest BCUT2D eigenvalue weighted by Gasteiger charge is -2.08. The Kier molecular flexibility index (Phi) is 5.03. The molecule has 0 bridgehead atoms. The van der Waals surface area contributed by atoms with E-state index in [0.717, 1.165) is 17.7 Å². The van der Waals surface area contributed by atoms with Crippen molar-refractivity contribution in [3.63, 3.8) is 0 Å². The fourth-order valence-corrected chi connectivity index (χ4v) is 2.27.